The summed E-state index contributed by atoms with van der Waals surface area (Å²) in [6.07, 6.45) is 7.33. The van der Waals surface area contributed by atoms with Gasteiger partial charge >= 0.3 is 12.1 Å². The van der Waals surface area contributed by atoms with Crippen LogP contribution in [-0.2, 0) is 9.59 Å². The zero-order valence-electron chi connectivity index (χ0n) is 27.1. The number of nitrogens with zero attached hydrogens (tertiary/aromatic N) is 2. The summed E-state index contributed by atoms with van der Waals surface area (Å²) in [5.74, 6) is -1.30. The molecule has 48 heavy (non-hydrogen) atoms. The summed E-state index contributed by atoms with van der Waals surface area (Å²) in [5, 5.41) is 22.9. The van der Waals surface area contributed by atoms with Gasteiger partial charge in [0, 0.05) is 55.8 Å². The molecule has 0 unspecified atom stereocenters. The Morgan fingerprint density at radius 2 is 1.27 bits per heavy atom. The predicted octanol–water partition coefficient (Wildman–Crippen LogP) is 6.45. The summed E-state index contributed by atoms with van der Waals surface area (Å²) in [4.78, 5) is 49.8. The summed E-state index contributed by atoms with van der Waals surface area (Å²) in [6, 6.07) is 7.99. The van der Waals surface area contributed by atoms with Crippen LogP contribution in [0.25, 0.3) is 0 Å². The lowest BCUT2D eigenvalue weighted by atomic mass is 9.91. The van der Waals surface area contributed by atoms with Gasteiger partial charge in [-0.25, -0.2) is 29.3 Å². The number of nitrogens with one attached hydrogen (secondary N) is 4. The smallest absolute Gasteiger partial charge is 0.321 e. The number of halogens is 3. The largest absolute Gasteiger partial charge is 0.325 e. The van der Waals surface area contributed by atoms with Crippen molar-refractivity contribution in [2.24, 2.45) is 11.8 Å². The van der Waals surface area contributed by atoms with Crippen molar-refractivity contribution < 1.29 is 38.4 Å². The van der Waals surface area contributed by atoms with E-state index >= 15 is 0 Å². The second-order valence-corrected chi connectivity index (χ2v) is 12.6. The van der Waals surface area contributed by atoms with Gasteiger partial charge in [-0.3, -0.25) is 20.0 Å². The first-order chi connectivity index (χ1) is 23.0. The molecule has 2 aromatic rings. The molecule has 2 aromatic carbocycles. The molecule has 12 nitrogen and oxygen atoms in total. The van der Waals surface area contributed by atoms with Crippen LogP contribution in [-0.4, -0.2) is 70.3 Å². The number of likely N-dealkylation sites (tertiary alicyclic amines) is 2. The molecule has 264 valence electrons. The first kappa shape index (κ1) is 38.4. The van der Waals surface area contributed by atoms with E-state index in [9.17, 15) is 28.0 Å². The van der Waals surface area contributed by atoms with Crippen molar-refractivity contribution >= 4 is 46.9 Å². The van der Waals surface area contributed by atoms with E-state index in [0.717, 1.165) is 62.6 Å². The summed E-state index contributed by atoms with van der Waals surface area (Å²) >= 11 is 6.07. The molecule has 0 saturated carbocycles. The number of hydrogen-bond donors (Lipinski definition) is 6. The van der Waals surface area contributed by atoms with Crippen LogP contribution < -0.4 is 21.6 Å². The number of hydrogen-bond acceptors (Lipinski definition) is 6. The molecular formula is C33H45ClF2N6O6. The fraction of sp³-hybridized carbons (Fsp3) is 0.515. The summed E-state index contributed by atoms with van der Waals surface area (Å²) in [5.41, 5.74) is 4.88. The molecule has 0 radical (unpaired) electrons. The predicted molar refractivity (Wildman–Crippen MR) is 177 cm³/mol. The molecule has 2 aliphatic heterocycles. The lowest BCUT2D eigenvalue weighted by Crippen LogP contribution is -2.41. The summed E-state index contributed by atoms with van der Waals surface area (Å²) in [7, 11) is 0. The zero-order valence-corrected chi connectivity index (χ0v) is 27.8. The van der Waals surface area contributed by atoms with Gasteiger partial charge in [-0.15, -0.1) is 0 Å². The SMILES string of the molecule is Cc1ccc(NC(=O)N2CCC(CCCC(=O)NO)CC2)cc1Cl.O=C(CCCC1CCN(C(=O)Nc2ccc(F)cc2F)CC1)NO. The third-order valence-corrected chi connectivity index (χ3v) is 9.09. The number of carbonyl (C=O) groups is 4. The highest BCUT2D eigenvalue weighted by molar-refractivity contribution is 6.31. The van der Waals surface area contributed by atoms with Gasteiger partial charge in [0.05, 0.1) is 5.69 Å². The Hall–Kier alpha value is -4.01. The first-order valence-electron chi connectivity index (χ1n) is 16.2. The Morgan fingerprint density at radius 3 is 1.73 bits per heavy atom. The minimum atomic E-state index is -0.805. The Morgan fingerprint density at radius 1 is 0.771 bits per heavy atom. The molecule has 4 rings (SSSR count). The van der Waals surface area contributed by atoms with Crippen LogP contribution in [0.3, 0.4) is 0 Å². The highest BCUT2D eigenvalue weighted by Crippen LogP contribution is 2.25. The van der Waals surface area contributed by atoms with Crippen LogP contribution in [0.5, 0.6) is 0 Å². The van der Waals surface area contributed by atoms with Crippen molar-refractivity contribution in [2.45, 2.75) is 71.1 Å². The third-order valence-electron chi connectivity index (χ3n) is 8.68. The third kappa shape index (κ3) is 12.9. The Bertz CT molecular complexity index is 1390. The number of anilines is 2. The average Bonchev–Trinajstić information content (AvgIpc) is 3.08. The molecular weight excluding hydrogens is 650 g/mol. The number of rotatable bonds is 10. The van der Waals surface area contributed by atoms with Crippen molar-refractivity contribution in [1.29, 1.82) is 0 Å². The van der Waals surface area contributed by atoms with Gasteiger partial charge in [0.15, 0.2) is 0 Å². The molecule has 2 saturated heterocycles. The van der Waals surface area contributed by atoms with Crippen LogP contribution in [0.4, 0.5) is 29.7 Å². The molecule has 6 amide bonds. The van der Waals surface area contributed by atoms with E-state index in [0.29, 0.717) is 61.6 Å². The number of hydroxylamine groups is 2. The van der Waals surface area contributed by atoms with Crippen LogP contribution in [0.2, 0.25) is 5.02 Å². The van der Waals surface area contributed by atoms with E-state index in [2.05, 4.69) is 10.6 Å². The van der Waals surface area contributed by atoms with Crippen molar-refractivity contribution in [3.63, 3.8) is 0 Å². The maximum atomic E-state index is 13.6. The Kier molecular flexibility index (Phi) is 15.8. The molecule has 2 heterocycles. The molecule has 0 atom stereocenters. The van der Waals surface area contributed by atoms with Gasteiger partial charge in [0.25, 0.3) is 0 Å². The molecule has 15 heteroatoms. The molecule has 2 aliphatic rings. The minimum Gasteiger partial charge on any atom is -0.325 e. The minimum absolute atomic E-state index is 0.0430. The highest BCUT2D eigenvalue weighted by atomic mass is 35.5. The molecule has 0 bridgehead atoms. The number of amides is 6. The summed E-state index contributed by atoms with van der Waals surface area (Å²) < 4.78 is 26.4. The molecule has 6 N–H and O–H groups in total. The fourth-order valence-electron chi connectivity index (χ4n) is 5.72. The second-order valence-electron chi connectivity index (χ2n) is 12.2. The van der Waals surface area contributed by atoms with Gasteiger partial charge in [0.1, 0.15) is 11.6 Å². The molecule has 0 spiro atoms. The number of benzene rings is 2. The Labute approximate surface area is 284 Å². The number of aryl methyl sites for hydroxylation is 1. The van der Waals surface area contributed by atoms with E-state index in [-0.39, 0.29) is 24.0 Å². The van der Waals surface area contributed by atoms with Gasteiger partial charge in [0.2, 0.25) is 11.8 Å². The first-order valence-corrected chi connectivity index (χ1v) is 16.6. The monoisotopic (exact) mass is 694 g/mol. The molecule has 0 aromatic heterocycles. The van der Waals surface area contributed by atoms with Crippen LogP contribution in [0.1, 0.15) is 69.8 Å². The lowest BCUT2D eigenvalue weighted by molar-refractivity contribution is -0.130. The van der Waals surface area contributed by atoms with E-state index in [1.807, 2.05) is 24.0 Å². The van der Waals surface area contributed by atoms with Gasteiger partial charge in [-0.1, -0.05) is 17.7 Å². The highest BCUT2D eigenvalue weighted by Gasteiger charge is 2.24. The fourth-order valence-corrected chi connectivity index (χ4v) is 5.90. The maximum absolute atomic E-state index is 13.6. The number of urea groups is 2. The topological polar surface area (TPSA) is 163 Å². The number of piperidine rings is 2. The van der Waals surface area contributed by atoms with Crippen LogP contribution in [0, 0.1) is 30.4 Å². The number of carbonyl (C=O) groups excluding carboxylic acids is 4. The van der Waals surface area contributed by atoms with Crippen LogP contribution >= 0.6 is 11.6 Å². The summed E-state index contributed by atoms with van der Waals surface area (Å²) in [6.45, 7) is 4.44. The van der Waals surface area contributed by atoms with E-state index in [1.54, 1.807) is 21.9 Å². The maximum Gasteiger partial charge on any atom is 0.321 e. The Balaban J connectivity index is 0.000000260. The van der Waals surface area contributed by atoms with E-state index in [4.69, 9.17) is 22.0 Å². The molecule has 0 aliphatic carbocycles. The average molecular weight is 695 g/mol. The standard InChI is InChI=1S/C17H24ClN3O3.C16H21F2N3O3/c1-12-5-6-14(11-15(12)18)19-17(23)21-9-7-13(8-10-21)3-2-4-16(22)20-24;17-12-4-5-14(13(18)10-12)19-16(23)21-8-6-11(7-9-21)2-1-3-15(22)20-24/h5-6,11,13,24H,2-4,7-10H2,1H3,(H,19,23)(H,20,22);4-5,10-11,24H,1-3,6-9H2,(H,19,23)(H,20,22). The van der Waals surface area contributed by atoms with Crippen molar-refractivity contribution in [1.82, 2.24) is 20.8 Å². The van der Waals surface area contributed by atoms with Crippen LogP contribution in [0.15, 0.2) is 36.4 Å². The quantitative estimate of drug-likeness (QED) is 0.124. The van der Waals surface area contributed by atoms with Crippen molar-refractivity contribution in [3.05, 3.63) is 58.6 Å². The zero-order chi connectivity index (χ0) is 35.1. The molecule has 2 fully saturated rings. The lowest BCUT2D eigenvalue weighted by Gasteiger charge is -2.32. The normalized spacial score (nSPS) is 15.2. The van der Waals surface area contributed by atoms with E-state index in [1.165, 1.54) is 6.07 Å². The van der Waals surface area contributed by atoms with Gasteiger partial charge in [-0.2, -0.15) is 0 Å². The van der Waals surface area contributed by atoms with Crippen molar-refractivity contribution in [3.8, 4) is 0 Å². The van der Waals surface area contributed by atoms with Gasteiger partial charge < -0.3 is 20.4 Å². The van der Waals surface area contributed by atoms with E-state index < -0.39 is 23.6 Å². The second kappa shape index (κ2) is 19.7. The van der Waals surface area contributed by atoms with Gasteiger partial charge in [-0.05, 0) is 100.0 Å². The van der Waals surface area contributed by atoms with Crippen molar-refractivity contribution in [2.75, 3.05) is 36.8 Å².